The van der Waals surface area contributed by atoms with Crippen molar-refractivity contribution in [1.82, 2.24) is 15.5 Å². The second-order valence-corrected chi connectivity index (χ2v) is 8.56. The summed E-state index contributed by atoms with van der Waals surface area (Å²) >= 11 is 0. The normalized spacial score (nSPS) is 22.9. The molecule has 0 radical (unpaired) electrons. The van der Waals surface area contributed by atoms with Crippen LogP contribution in [0.3, 0.4) is 0 Å². The first-order valence-electron chi connectivity index (χ1n) is 9.78. The maximum absolute atomic E-state index is 12.6. The number of hydrogen-bond acceptors (Lipinski definition) is 3. The highest BCUT2D eigenvalue weighted by molar-refractivity contribution is 5.97. The standard InChI is InChI=1S/C22H29N3O3/c1-14(2)11-17-19(22(17,3)4)20(27)24-12-15-5-7-16(8-6-15)21(28)25-10-9-23-18(26)13-25/h5-8,11,17,19H,9-10,12-13H2,1-4H3,(H,23,26)(H,24,27). The van der Waals surface area contributed by atoms with E-state index in [1.807, 2.05) is 12.1 Å². The van der Waals surface area contributed by atoms with E-state index in [-0.39, 0.29) is 35.6 Å². The van der Waals surface area contributed by atoms with Crippen LogP contribution in [0.2, 0.25) is 0 Å². The van der Waals surface area contributed by atoms with Crippen LogP contribution < -0.4 is 10.6 Å². The molecule has 2 fully saturated rings. The topological polar surface area (TPSA) is 78.5 Å². The summed E-state index contributed by atoms with van der Waals surface area (Å²) in [5.41, 5.74) is 2.73. The highest BCUT2D eigenvalue weighted by atomic mass is 16.2. The van der Waals surface area contributed by atoms with E-state index < -0.39 is 0 Å². The summed E-state index contributed by atoms with van der Waals surface area (Å²) in [6.45, 7) is 9.91. The Kier molecular flexibility index (Phi) is 5.59. The van der Waals surface area contributed by atoms with E-state index in [9.17, 15) is 14.4 Å². The number of hydrogen-bond donors (Lipinski definition) is 2. The molecule has 3 amide bonds. The molecular weight excluding hydrogens is 354 g/mol. The summed E-state index contributed by atoms with van der Waals surface area (Å²) in [6, 6.07) is 7.21. The summed E-state index contributed by atoms with van der Waals surface area (Å²) in [5, 5.41) is 5.73. The summed E-state index contributed by atoms with van der Waals surface area (Å²) < 4.78 is 0. The molecule has 6 nitrogen and oxygen atoms in total. The molecule has 1 saturated heterocycles. The summed E-state index contributed by atoms with van der Waals surface area (Å²) in [5.74, 6) is 0.0998. The largest absolute Gasteiger partial charge is 0.353 e. The molecule has 0 bridgehead atoms. The van der Waals surface area contributed by atoms with Crippen LogP contribution >= 0.6 is 0 Å². The minimum atomic E-state index is -0.144. The molecule has 1 aromatic rings. The Hall–Kier alpha value is -2.63. The van der Waals surface area contributed by atoms with E-state index in [2.05, 4.69) is 44.4 Å². The van der Waals surface area contributed by atoms with Gasteiger partial charge < -0.3 is 15.5 Å². The fourth-order valence-electron chi connectivity index (χ4n) is 3.91. The number of piperazine rings is 1. The fourth-order valence-corrected chi connectivity index (χ4v) is 3.91. The highest BCUT2D eigenvalue weighted by Crippen LogP contribution is 2.59. The lowest BCUT2D eigenvalue weighted by Crippen LogP contribution is -2.49. The molecule has 2 atom stereocenters. The number of nitrogens with one attached hydrogen (secondary N) is 2. The lowest BCUT2D eigenvalue weighted by atomic mass is 10.1. The number of nitrogens with zero attached hydrogens (tertiary/aromatic N) is 1. The van der Waals surface area contributed by atoms with Crippen LogP contribution in [-0.4, -0.2) is 42.3 Å². The monoisotopic (exact) mass is 383 g/mol. The van der Waals surface area contributed by atoms with E-state index in [0.29, 0.717) is 31.1 Å². The first-order valence-corrected chi connectivity index (χ1v) is 9.78. The van der Waals surface area contributed by atoms with Crippen molar-refractivity contribution in [2.24, 2.45) is 17.3 Å². The first-order chi connectivity index (χ1) is 13.2. The van der Waals surface area contributed by atoms with Crippen molar-refractivity contribution in [2.45, 2.75) is 34.2 Å². The molecule has 2 unspecified atom stereocenters. The van der Waals surface area contributed by atoms with E-state index in [0.717, 1.165) is 5.56 Å². The summed E-state index contributed by atoms with van der Waals surface area (Å²) in [6.07, 6.45) is 2.19. The van der Waals surface area contributed by atoms with Gasteiger partial charge in [-0.15, -0.1) is 0 Å². The zero-order valence-corrected chi connectivity index (χ0v) is 17.0. The van der Waals surface area contributed by atoms with Gasteiger partial charge in [-0.1, -0.05) is 37.6 Å². The zero-order chi connectivity index (χ0) is 20.5. The summed E-state index contributed by atoms with van der Waals surface area (Å²) in [7, 11) is 0. The van der Waals surface area contributed by atoms with Gasteiger partial charge in [-0.3, -0.25) is 14.4 Å². The van der Waals surface area contributed by atoms with Crippen molar-refractivity contribution in [1.29, 1.82) is 0 Å². The van der Waals surface area contributed by atoms with Crippen LogP contribution in [0, 0.1) is 17.3 Å². The smallest absolute Gasteiger partial charge is 0.254 e. The van der Waals surface area contributed by atoms with E-state index >= 15 is 0 Å². The Morgan fingerprint density at radius 3 is 2.54 bits per heavy atom. The van der Waals surface area contributed by atoms with E-state index in [4.69, 9.17) is 0 Å². The van der Waals surface area contributed by atoms with Crippen molar-refractivity contribution >= 4 is 17.7 Å². The fraction of sp³-hybridized carbons (Fsp3) is 0.500. The number of rotatable bonds is 5. The molecule has 28 heavy (non-hydrogen) atoms. The molecule has 6 heteroatoms. The van der Waals surface area contributed by atoms with Crippen LogP contribution in [0.4, 0.5) is 0 Å². The van der Waals surface area contributed by atoms with Crippen molar-refractivity contribution in [3.8, 4) is 0 Å². The predicted molar refractivity (Wildman–Crippen MR) is 107 cm³/mol. The lowest BCUT2D eigenvalue weighted by Gasteiger charge is -2.26. The lowest BCUT2D eigenvalue weighted by molar-refractivity contribution is -0.124. The molecule has 2 aliphatic rings. The average Bonchev–Trinajstić information content (AvgIpc) is 3.18. The molecule has 0 spiro atoms. The van der Waals surface area contributed by atoms with Crippen molar-refractivity contribution in [3.63, 3.8) is 0 Å². The van der Waals surface area contributed by atoms with E-state index in [1.165, 1.54) is 5.57 Å². The number of carbonyl (C=O) groups excluding carboxylic acids is 3. The van der Waals surface area contributed by atoms with Gasteiger partial charge in [-0.2, -0.15) is 0 Å². The van der Waals surface area contributed by atoms with E-state index in [1.54, 1.807) is 17.0 Å². The van der Waals surface area contributed by atoms with Gasteiger partial charge in [0.2, 0.25) is 11.8 Å². The molecule has 1 aliphatic heterocycles. The van der Waals surface area contributed by atoms with Crippen molar-refractivity contribution < 1.29 is 14.4 Å². The number of amides is 3. The van der Waals surface area contributed by atoms with Gasteiger partial charge in [-0.25, -0.2) is 0 Å². The Bertz CT molecular complexity index is 807. The number of carbonyl (C=O) groups is 3. The molecule has 150 valence electrons. The van der Waals surface area contributed by atoms with Gasteiger partial charge in [0, 0.05) is 25.2 Å². The van der Waals surface area contributed by atoms with Gasteiger partial charge in [0.25, 0.3) is 5.91 Å². The maximum Gasteiger partial charge on any atom is 0.254 e. The van der Waals surface area contributed by atoms with Crippen LogP contribution in [0.25, 0.3) is 0 Å². The Labute approximate surface area is 166 Å². The minimum Gasteiger partial charge on any atom is -0.353 e. The summed E-state index contributed by atoms with van der Waals surface area (Å²) in [4.78, 5) is 38.0. The third-order valence-electron chi connectivity index (χ3n) is 5.70. The van der Waals surface area contributed by atoms with Gasteiger partial charge in [0.05, 0.1) is 12.5 Å². The van der Waals surface area contributed by atoms with Gasteiger partial charge in [0.1, 0.15) is 0 Å². The minimum absolute atomic E-state index is 0.00162. The second-order valence-electron chi connectivity index (χ2n) is 8.56. The molecular formula is C22H29N3O3. The SMILES string of the molecule is CC(C)=CC1C(C(=O)NCc2ccc(C(=O)N3CCNC(=O)C3)cc2)C1(C)C. The van der Waals surface area contributed by atoms with Crippen molar-refractivity contribution in [3.05, 3.63) is 47.0 Å². The zero-order valence-electron chi connectivity index (χ0n) is 17.0. The molecule has 0 aromatic heterocycles. The Morgan fingerprint density at radius 2 is 1.93 bits per heavy atom. The molecule has 1 saturated carbocycles. The van der Waals surface area contributed by atoms with Crippen LogP contribution in [-0.2, 0) is 16.1 Å². The van der Waals surface area contributed by atoms with Gasteiger partial charge in [0.15, 0.2) is 0 Å². The average molecular weight is 383 g/mol. The molecule has 1 aliphatic carbocycles. The molecule has 1 heterocycles. The highest BCUT2D eigenvalue weighted by Gasteiger charge is 2.60. The molecule has 3 rings (SSSR count). The van der Waals surface area contributed by atoms with Gasteiger partial charge in [-0.05, 0) is 42.9 Å². The third kappa shape index (κ3) is 4.26. The second kappa shape index (κ2) is 7.78. The molecule has 2 N–H and O–H groups in total. The number of allylic oxidation sites excluding steroid dienone is 2. The maximum atomic E-state index is 12.6. The quantitative estimate of drug-likeness (QED) is 0.765. The Balaban J connectivity index is 1.55. The van der Waals surface area contributed by atoms with Crippen LogP contribution in [0.15, 0.2) is 35.9 Å². The first kappa shape index (κ1) is 20.1. The van der Waals surface area contributed by atoms with Crippen LogP contribution in [0.5, 0.6) is 0 Å². The van der Waals surface area contributed by atoms with Crippen LogP contribution in [0.1, 0.15) is 43.6 Å². The Morgan fingerprint density at radius 1 is 1.25 bits per heavy atom. The van der Waals surface area contributed by atoms with Crippen molar-refractivity contribution in [2.75, 3.05) is 19.6 Å². The molecule has 1 aromatic carbocycles. The third-order valence-corrected chi connectivity index (χ3v) is 5.70. The van der Waals surface area contributed by atoms with Gasteiger partial charge >= 0.3 is 0 Å². The number of benzene rings is 1. The predicted octanol–water partition coefficient (Wildman–Crippen LogP) is 2.11.